The first-order valence-electron chi connectivity index (χ1n) is 19.1. The molecule has 52 heavy (non-hydrogen) atoms. The Bertz CT molecular complexity index is 2570. The number of hydrogen-bond acceptors (Lipinski definition) is 0. The Kier molecular flexibility index (Phi) is 9.39. The molecule has 0 radical (unpaired) electrons. The Morgan fingerprint density at radius 1 is 0.500 bits per heavy atom. The quantitative estimate of drug-likeness (QED) is 0.0900. The Balaban J connectivity index is 1.20. The molecular formula is C50H48N2. The molecule has 2 heterocycles. The molecule has 2 heteroatoms. The summed E-state index contributed by atoms with van der Waals surface area (Å²) in [5.41, 5.74) is 15.2. The third kappa shape index (κ3) is 6.39. The van der Waals surface area contributed by atoms with Gasteiger partial charge in [0.15, 0.2) is 0 Å². The van der Waals surface area contributed by atoms with Crippen molar-refractivity contribution < 1.29 is 0 Å². The van der Waals surface area contributed by atoms with Crippen LogP contribution in [0.15, 0.2) is 146 Å². The number of allylic oxidation sites excluding steroid dienone is 3. The molecular weight excluding hydrogens is 629 g/mol. The van der Waals surface area contributed by atoms with Gasteiger partial charge < -0.3 is 9.13 Å². The zero-order valence-electron chi connectivity index (χ0n) is 30.8. The molecule has 0 aliphatic rings. The van der Waals surface area contributed by atoms with Crippen molar-refractivity contribution in [1.29, 1.82) is 0 Å². The van der Waals surface area contributed by atoms with Crippen LogP contribution in [-0.4, -0.2) is 9.13 Å². The maximum atomic E-state index is 3.77. The summed E-state index contributed by atoms with van der Waals surface area (Å²) >= 11 is 0. The average Bonchev–Trinajstić information content (AvgIpc) is 3.66. The van der Waals surface area contributed by atoms with Crippen LogP contribution >= 0.6 is 0 Å². The van der Waals surface area contributed by atoms with E-state index in [1.807, 2.05) is 12.2 Å². The van der Waals surface area contributed by atoms with E-state index in [9.17, 15) is 0 Å². The van der Waals surface area contributed by atoms with Gasteiger partial charge in [-0.25, -0.2) is 0 Å². The van der Waals surface area contributed by atoms with Crippen LogP contribution in [-0.2, 0) is 12.8 Å². The minimum atomic E-state index is 1.10. The Morgan fingerprint density at radius 3 is 1.73 bits per heavy atom. The lowest BCUT2D eigenvalue weighted by Crippen LogP contribution is -1.95. The third-order valence-corrected chi connectivity index (χ3v) is 10.7. The van der Waals surface area contributed by atoms with E-state index in [2.05, 4.69) is 164 Å². The number of aryl methyl sites for hydroxylation is 4. The fraction of sp³-hybridized carbons (Fsp3) is 0.200. The van der Waals surface area contributed by atoms with E-state index in [1.165, 1.54) is 114 Å². The highest BCUT2D eigenvalue weighted by atomic mass is 15.0. The van der Waals surface area contributed by atoms with E-state index in [-0.39, 0.29) is 0 Å². The van der Waals surface area contributed by atoms with Gasteiger partial charge in [-0.1, -0.05) is 104 Å². The number of unbranched alkanes of at least 4 members (excludes halogenated alkanes) is 3. The SMILES string of the molecule is C=C/C=C/CCCCc1ccc(-n2c3cc(C)ccc3c3ccc(-c4ccc5c(c4)c4cc(C)ccc4n5-c4ccc(CCCC)cc4)cc32)cc1. The van der Waals surface area contributed by atoms with E-state index >= 15 is 0 Å². The molecule has 0 amide bonds. The van der Waals surface area contributed by atoms with Gasteiger partial charge >= 0.3 is 0 Å². The van der Waals surface area contributed by atoms with Crippen molar-refractivity contribution in [2.75, 3.05) is 0 Å². The molecule has 258 valence electrons. The van der Waals surface area contributed by atoms with Crippen LogP contribution in [0.1, 0.15) is 61.3 Å². The van der Waals surface area contributed by atoms with Crippen LogP contribution in [0, 0.1) is 13.8 Å². The average molecular weight is 677 g/mol. The lowest BCUT2D eigenvalue weighted by Gasteiger charge is -2.11. The van der Waals surface area contributed by atoms with Gasteiger partial charge in [-0.15, -0.1) is 0 Å². The van der Waals surface area contributed by atoms with Crippen molar-refractivity contribution in [3.63, 3.8) is 0 Å². The van der Waals surface area contributed by atoms with Gasteiger partial charge in [0.1, 0.15) is 0 Å². The maximum Gasteiger partial charge on any atom is 0.0547 e. The van der Waals surface area contributed by atoms with Crippen LogP contribution in [0.4, 0.5) is 0 Å². The van der Waals surface area contributed by atoms with E-state index in [1.54, 1.807) is 0 Å². The smallest absolute Gasteiger partial charge is 0.0547 e. The first-order valence-corrected chi connectivity index (χ1v) is 19.1. The van der Waals surface area contributed by atoms with E-state index in [4.69, 9.17) is 0 Å². The van der Waals surface area contributed by atoms with E-state index in [0.717, 1.165) is 19.3 Å². The molecule has 2 aromatic heterocycles. The zero-order valence-corrected chi connectivity index (χ0v) is 30.8. The normalized spacial score (nSPS) is 11.9. The second-order valence-electron chi connectivity index (χ2n) is 14.5. The van der Waals surface area contributed by atoms with Crippen LogP contribution in [0.3, 0.4) is 0 Å². The molecule has 0 atom stereocenters. The summed E-state index contributed by atoms with van der Waals surface area (Å²) in [6.45, 7) is 10.4. The van der Waals surface area contributed by atoms with Gasteiger partial charge in [0.2, 0.25) is 0 Å². The fourth-order valence-corrected chi connectivity index (χ4v) is 7.97. The highest BCUT2D eigenvalue weighted by Gasteiger charge is 2.17. The van der Waals surface area contributed by atoms with Gasteiger partial charge in [0.05, 0.1) is 22.1 Å². The first kappa shape index (κ1) is 33.5. The van der Waals surface area contributed by atoms with Gasteiger partial charge in [-0.05, 0) is 141 Å². The zero-order chi connectivity index (χ0) is 35.6. The Labute approximate surface area is 308 Å². The van der Waals surface area contributed by atoms with E-state index < -0.39 is 0 Å². The summed E-state index contributed by atoms with van der Waals surface area (Å²) in [6, 6.07) is 46.2. The molecule has 0 unspecified atom stereocenters. The van der Waals surface area contributed by atoms with Crippen molar-refractivity contribution >= 4 is 43.6 Å². The van der Waals surface area contributed by atoms with Crippen molar-refractivity contribution in [3.05, 3.63) is 168 Å². The Hall–Kier alpha value is -5.60. The molecule has 0 aliphatic carbocycles. The standard InChI is InChI=1S/C50H48N2/c1-5-7-9-10-11-12-14-38-19-25-42(26-20-38)52-49-32-36(4)15-27-43(49)44-28-21-40(34-50(44)52)39-22-30-48-46(33-39)45-31-35(3)16-29-47(45)51(48)41-23-17-37(18-24-41)13-8-6-2/h5,7,9,15-34H,1,6,8,10-14H2,2-4H3/b9-7+. The van der Waals surface area contributed by atoms with Gasteiger partial charge in [-0.3, -0.25) is 0 Å². The van der Waals surface area contributed by atoms with Crippen molar-refractivity contribution in [1.82, 2.24) is 9.13 Å². The molecule has 8 rings (SSSR count). The highest BCUT2D eigenvalue weighted by Crippen LogP contribution is 2.38. The number of nitrogens with zero attached hydrogens (tertiary/aromatic N) is 2. The maximum absolute atomic E-state index is 3.77. The van der Waals surface area contributed by atoms with Gasteiger partial charge in [0.25, 0.3) is 0 Å². The molecule has 0 saturated heterocycles. The molecule has 0 N–H and O–H groups in total. The number of fused-ring (bicyclic) bond motifs is 6. The molecule has 0 saturated carbocycles. The lowest BCUT2D eigenvalue weighted by molar-refractivity contribution is 0.747. The van der Waals surface area contributed by atoms with E-state index in [0.29, 0.717) is 0 Å². The molecule has 6 aromatic carbocycles. The summed E-state index contributed by atoms with van der Waals surface area (Å²) in [5, 5.41) is 5.16. The van der Waals surface area contributed by atoms with Crippen LogP contribution in [0.5, 0.6) is 0 Å². The molecule has 0 aliphatic heterocycles. The van der Waals surface area contributed by atoms with Crippen molar-refractivity contribution in [2.45, 2.75) is 65.7 Å². The van der Waals surface area contributed by atoms with Crippen LogP contribution in [0.25, 0.3) is 66.1 Å². The summed E-state index contributed by atoms with van der Waals surface area (Å²) in [7, 11) is 0. The van der Waals surface area contributed by atoms with Gasteiger partial charge in [-0.2, -0.15) is 0 Å². The monoisotopic (exact) mass is 676 g/mol. The molecule has 2 nitrogen and oxygen atoms in total. The lowest BCUT2D eigenvalue weighted by atomic mass is 10.0. The Morgan fingerprint density at radius 2 is 1.04 bits per heavy atom. The second-order valence-corrected chi connectivity index (χ2v) is 14.5. The van der Waals surface area contributed by atoms with Crippen molar-refractivity contribution in [3.8, 4) is 22.5 Å². The van der Waals surface area contributed by atoms with Crippen LogP contribution < -0.4 is 0 Å². The molecule has 0 bridgehead atoms. The minimum Gasteiger partial charge on any atom is -0.309 e. The number of hydrogen-bond donors (Lipinski definition) is 0. The van der Waals surface area contributed by atoms with Crippen LogP contribution in [0.2, 0.25) is 0 Å². The molecule has 0 fully saturated rings. The molecule has 0 spiro atoms. The van der Waals surface area contributed by atoms with Gasteiger partial charge in [0, 0.05) is 32.9 Å². The topological polar surface area (TPSA) is 9.86 Å². The molecule has 8 aromatic rings. The summed E-state index contributed by atoms with van der Waals surface area (Å²) in [6.07, 6.45) is 14.3. The predicted octanol–water partition coefficient (Wildman–Crippen LogP) is 14.0. The second kappa shape index (κ2) is 14.6. The number of aromatic nitrogens is 2. The minimum absolute atomic E-state index is 1.10. The number of benzene rings is 6. The first-order chi connectivity index (χ1) is 25.5. The summed E-state index contributed by atoms with van der Waals surface area (Å²) in [5.74, 6) is 0. The van der Waals surface area contributed by atoms with Crippen molar-refractivity contribution in [2.24, 2.45) is 0 Å². The largest absolute Gasteiger partial charge is 0.309 e. The third-order valence-electron chi connectivity index (χ3n) is 10.7. The highest BCUT2D eigenvalue weighted by molar-refractivity contribution is 6.12. The fourth-order valence-electron chi connectivity index (χ4n) is 7.97. The predicted molar refractivity (Wildman–Crippen MR) is 226 cm³/mol. The summed E-state index contributed by atoms with van der Waals surface area (Å²) < 4.78 is 4.90. The summed E-state index contributed by atoms with van der Waals surface area (Å²) in [4.78, 5) is 0. The number of rotatable bonds is 12.